The standard InChI is InChI=1S/C20H20FN5O4/c1-30-16-8-4-14(5-9-16)22-17(27)12-26-19(29)18(28)25-11-10-24(20(25)23-26)15-6-2-13(21)3-7-15/h2-9,20,23H,10-12H2,1H3,(H,22,27). The maximum Gasteiger partial charge on any atom is 0.326 e. The van der Waals surface area contributed by atoms with Crippen molar-refractivity contribution in [3.63, 3.8) is 0 Å². The zero-order valence-corrected chi connectivity index (χ0v) is 16.2. The molecule has 1 atom stereocenters. The van der Waals surface area contributed by atoms with Crippen LogP contribution in [0, 0.1) is 5.82 Å². The van der Waals surface area contributed by atoms with E-state index in [9.17, 15) is 18.8 Å². The third-order valence-corrected chi connectivity index (χ3v) is 4.97. The minimum atomic E-state index is -0.808. The maximum absolute atomic E-state index is 13.2. The van der Waals surface area contributed by atoms with Crippen LogP contribution in [-0.4, -0.2) is 60.7 Å². The van der Waals surface area contributed by atoms with Gasteiger partial charge in [-0.15, -0.1) is 0 Å². The molecule has 2 N–H and O–H groups in total. The topological polar surface area (TPSA) is 94.2 Å². The number of rotatable bonds is 5. The van der Waals surface area contributed by atoms with Gasteiger partial charge in [0.2, 0.25) is 5.91 Å². The Morgan fingerprint density at radius 1 is 1.07 bits per heavy atom. The quantitative estimate of drug-likeness (QED) is 0.703. The van der Waals surface area contributed by atoms with Crippen molar-refractivity contribution in [1.29, 1.82) is 0 Å². The molecule has 2 aliphatic heterocycles. The van der Waals surface area contributed by atoms with Crippen LogP contribution in [0.1, 0.15) is 0 Å². The van der Waals surface area contributed by atoms with Crippen LogP contribution in [0.2, 0.25) is 0 Å². The van der Waals surface area contributed by atoms with E-state index in [2.05, 4.69) is 10.7 Å². The summed E-state index contributed by atoms with van der Waals surface area (Å²) >= 11 is 0. The van der Waals surface area contributed by atoms with Gasteiger partial charge in [-0.05, 0) is 48.5 Å². The highest BCUT2D eigenvalue weighted by molar-refractivity contribution is 6.35. The van der Waals surface area contributed by atoms with Crippen molar-refractivity contribution in [2.45, 2.75) is 6.29 Å². The highest BCUT2D eigenvalue weighted by Gasteiger charge is 2.45. The summed E-state index contributed by atoms with van der Waals surface area (Å²) < 4.78 is 18.3. The number of amides is 3. The molecule has 0 saturated carbocycles. The van der Waals surface area contributed by atoms with E-state index in [0.717, 1.165) is 5.01 Å². The van der Waals surface area contributed by atoms with Gasteiger partial charge in [0.1, 0.15) is 18.1 Å². The molecule has 4 rings (SSSR count). The molecule has 3 amide bonds. The third-order valence-electron chi connectivity index (χ3n) is 4.97. The van der Waals surface area contributed by atoms with Crippen LogP contribution in [0.3, 0.4) is 0 Å². The van der Waals surface area contributed by atoms with Gasteiger partial charge in [0.25, 0.3) is 0 Å². The number of hydrogen-bond acceptors (Lipinski definition) is 6. The summed E-state index contributed by atoms with van der Waals surface area (Å²) in [6, 6.07) is 12.6. The van der Waals surface area contributed by atoms with Gasteiger partial charge in [0.15, 0.2) is 6.29 Å². The molecule has 2 aromatic rings. The zero-order chi connectivity index (χ0) is 21.3. The minimum absolute atomic E-state index is 0.339. The lowest BCUT2D eigenvalue weighted by Crippen LogP contribution is -2.68. The first-order valence-electron chi connectivity index (χ1n) is 9.31. The second kappa shape index (κ2) is 7.99. The molecule has 1 unspecified atom stereocenters. The van der Waals surface area contributed by atoms with Gasteiger partial charge >= 0.3 is 11.8 Å². The Labute approximate surface area is 172 Å². The predicted molar refractivity (Wildman–Crippen MR) is 106 cm³/mol. The summed E-state index contributed by atoms with van der Waals surface area (Å²) in [6.45, 7) is 0.456. The van der Waals surface area contributed by atoms with Gasteiger partial charge in [0.05, 0.1) is 7.11 Å². The first-order valence-corrected chi connectivity index (χ1v) is 9.31. The summed E-state index contributed by atoms with van der Waals surface area (Å²) in [5.41, 5.74) is 4.16. The van der Waals surface area contributed by atoms with E-state index in [4.69, 9.17) is 4.74 Å². The Morgan fingerprint density at radius 2 is 1.73 bits per heavy atom. The van der Waals surface area contributed by atoms with Crippen LogP contribution in [0.4, 0.5) is 15.8 Å². The van der Waals surface area contributed by atoms with Gasteiger partial charge in [-0.3, -0.25) is 24.3 Å². The number of methoxy groups -OCH3 is 1. The van der Waals surface area contributed by atoms with Crippen molar-refractivity contribution in [1.82, 2.24) is 15.3 Å². The van der Waals surface area contributed by atoms with E-state index in [1.807, 2.05) is 4.90 Å². The molecule has 10 heteroatoms. The number of halogens is 1. The second-order valence-electron chi connectivity index (χ2n) is 6.84. The summed E-state index contributed by atoms with van der Waals surface area (Å²) in [4.78, 5) is 40.6. The van der Waals surface area contributed by atoms with Crippen LogP contribution >= 0.6 is 0 Å². The van der Waals surface area contributed by atoms with Crippen LogP contribution in [0.25, 0.3) is 0 Å². The predicted octanol–water partition coefficient (Wildman–Crippen LogP) is 0.752. The van der Waals surface area contributed by atoms with E-state index in [1.165, 1.54) is 17.0 Å². The second-order valence-corrected chi connectivity index (χ2v) is 6.84. The molecule has 0 bridgehead atoms. The smallest absolute Gasteiger partial charge is 0.326 e. The molecule has 30 heavy (non-hydrogen) atoms. The van der Waals surface area contributed by atoms with Crippen molar-refractivity contribution in [2.75, 3.05) is 37.0 Å². The fourth-order valence-electron chi connectivity index (χ4n) is 3.46. The number of carbonyl (C=O) groups excluding carboxylic acids is 3. The largest absolute Gasteiger partial charge is 0.497 e. The van der Waals surface area contributed by atoms with Crippen molar-refractivity contribution in [3.05, 3.63) is 54.3 Å². The Bertz CT molecular complexity index is 966. The van der Waals surface area contributed by atoms with Gasteiger partial charge in [-0.25, -0.2) is 4.39 Å². The fourth-order valence-corrected chi connectivity index (χ4v) is 3.46. The number of anilines is 2. The summed E-state index contributed by atoms with van der Waals surface area (Å²) in [5.74, 6) is -1.69. The van der Waals surface area contributed by atoms with E-state index in [1.54, 1.807) is 43.5 Å². The molecule has 2 aliphatic rings. The average Bonchev–Trinajstić information content (AvgIpc) is 3.17. The molecule has 0 radical (unpaired) electrons. The highest BCUT2D eigenvalue weighted by atomic mass is 19.1. The Morgan fingerprint density at radius 3 is 2.40 bits per heavy atom. The Hall–Kier alpha value is -3.66. The normalized spacial score (nSPS) is 18.5. The Kier molecular flexibility index (Phi) is 5.23. The lowest BCUT2D eigenvalue weighted by Gasteiger charge is -2.40. The molecule has 0 aliphatic carbocycles. The summed E-state index contributed by atoms with van der Waals surface area (Å²) in [6.07, 6.45) is -0.644. The van der Waals surface area contributed by atoms with Crippen LogP contribution in [-0.2, 0) is 14.4 Å². The molecular formula is C20H20FN5O4. The highest BCUT2D eigenvalue weighted by Crippen LogP contribution is 2.25. The average molecular weight is 413 g/mol. The Balaban J connectivity index is 1.45. The number of nitrogens with one attached hydrogen (secondary N) is 2. The molecule has 2 heterocycles. The zero-order valence-electron chi connectivity index (χ0n) is 16.2. The first-order chi connectivity index (χ1) is 14.5. The van der Waals surface area contributed by atoms with Crippen molar-refractivity contribution in [3.8, 4) is 5.75 Å². The van der Waals surface area contributed by atoms with Gasteiger partial charge in [-0.2, -0.15) is 5.43 Å². The number of fused-ring (bicyclic) bond motifs is 1. The van der Waals surface area contributed by atoms with E-state index in [0.29, 0.717) is 30.2 Å². The summed E-state index contributed by atoms with van der Waals surface area (Å²) in [7, 11) is 1.54. The molecule has 2 fully saturated rings. The molecule has 2 aromatic carbocycles. The van der Waals surface area contributed by atoms with Crippen molar-refractivity contribution >= 4 is 29.1 Å². The van der Waals surface area contributed by atoms with Gasteiger partial charge in [0, 0.05) is 24.5 Å². The minimum Gasteiger partial charge on any atom is -0.497 e. The van der Waals surface area contributed by atoms with Crippen LogP contribution < -0.4 is 20.4 Å². The molecule has 9 nitrogen and oxygen atoms in total. The molecule has 0 spiro atoms. The first kappa shape index (κ1) is 19.6. The molecule has 2 saturated heterocycles. The molecule has 0 aromatic heterocycles. The van der Waals surface area contributed by atoms with Gasteiger partial charge < -0.3 is 15.0 Å². The third kappa shape index (κ3) is 3.77. The number of hydrazine groups is 1. The van der Waals surface area contributed by atoms with E-state index < -0.39 is 24.0 Å². The number of hydrogen-bond donors (Lipinski definition) is 2. The monoisotopic (exact) mass is 413 g/mol. The maximum atomic E-state index is 13.2. The summed E-state index contributed by atoms with van der Waals surface area (Å²) in [5, 5.41) is 3.68. The van der Waals surface area contributed by atoms with Crippen LogP contribution in [0.15, 0.2) is 48.5 Å². The lowest BCUT2D eigenvalue weighted by molar-refractivity contribution is -0.163. The lowest BCUT2D eigenvalue weighted by atomic mass is 10.3. The fraction of sp³-hybridized carbons (Fsp3) is 0.250. The van der Waals surface area contributed by atoms with Crippen molar-refractivity contribution < 1.29 is 23.5 Å². The SMILES string of the molecule is COc1ccc(NC(=O)CN2NC3N(CCN3c3ccc(F)cc3)C(=O)C2=O)cc1. The van der Waals surface area contributed by atoms with E-state index in [-0.39, 0.29) is 12.4 Å². The van der Waals surface area contributed by atoms with Crippen LogP contribution in [0.5, 0.6) is 5.75 Å². The number of nitrogens with zero attached hydrogens (tertiary/aromatic N) is 3. The number of benzene rings is 2. The molecule has 156 valence electrons. The van der Waals surface area contributed by atoms with Gasteiger partial charge in [-0.1, -0.05) is 0 Å². The van der Waals surface area contributed by atoms with Crippen molar-refractivity contribution in [2.24, 2.45) is 0 Å². The number of carbonyl (C=O) groups is 3. The number of ether oxygens (including phenoxy) is 1. The van der Waals surface area contributed by atoms with E-state index >= 15 is 0 Å². The molecular weight excluding hydrogens is 393 g/mol.